The van der Waals surface area contributed by atoms with E-state index in [1.807, 2.05) is 0 Å². The van der Waals surface area contributed by atoms with Crippen molar-refractivity contribution in [2.24, 2.45) is 5.73 Å². The molecular weight excluding hydrogens is 339 g/mol. The Labute approximate surface area is 125 Å². The summed E-state index contributed by atoms with van der Waals surface area (Å²) in [5.74, 6) is 0. The summed E-state index contributed by atoms with van der Waals surface area (Å²) in [6, 6.07) is 2.75. The molecule has 0 aromatic heterocycles. The topological polar surface area (TPSA) is 72.2 Å². The monoisotopic (exact) mass is 346 g/mol. The number of nitrogens with one attached hydrogen (secondary N) is 1. The Kier molecular flexibility index (Phi) is 5.08. The van der Waals surface area contributed by atoms with Crippen molar-refractivity contribution in [1.82, 2.24) is 0 Å². The van der Waals surface area contributed by atoms with Gasteiger partial charge in [-0.15, -0.1) is 0 Å². The molecule has 0 aliphatic rings. The van der Waals surface area contributed by atoms with Crippen LogP contribution in [0.25, 0.3) is 0 Å². The number of thiocarbonyl (C=S) groups is 1. The Bertz CT molecular complexity index is 566. The van der Waals surface area contributed by atoms with Gasteiger partial charge in [0.05, 0.1) is 20.7 Å². The molecule has 9 heteroatoms. The van der Waals surface area contributed by atoms with Crippen LogP contribution in [0.5, 0.6) is 0 Å². The van der Waals surface area contributed by atoms with Gasteiger partial charge in [0.2, 0.25) is 10.0 Å². The zero-order chi connectivity index (χ0) is 14.1. The first-order valence-corrected chi connectivity index (χ1v) is 7.69. The second-order valence-corrected chi connectivity index (χ2v) is 7.16. The van der Waals surface area contributed by atoms with E-state index in [-0.39, 0.29) is 20.7 Å². The van der Waals surface area contributed by atoms with Gasteiger partial charge in [-0.1, -0.05) is 47.0 Å². The molecule has 0 aliphatic heterocycles. The average molecular weight is 348 g/mol. The zero-order valence-corrected chi connectivity index (χ0v) is 13.0. The van der Waals surface area contributed by atoms with E-state index in [2.05, 4.69) is 16.9 Å². The largest absolute Gasteiger partial charge is 0.392 e. The molecule has 1 atom stereocenters. The van der Waals surface area contributed by atoms with Crippen LogP contribution in [0.15, 0.2) is 12.1 Å². The number of sulfonamides is 1. The molecular formula is C9H9Cl3N2O2S2. The maximum atomic E-state index is 11.9. The molecule has 3 N–H and O–H groups in total. The molecule has 1 aromatic carbocycles. The van der Waals surface area contributed by atoms with Crippen LogP contribution in [-0.4, -0.2) is 18.7 Å². The number of hydrogen-bond acceptors (Lipinski definition) is 3. The summed E-state index contributed by atoms with van der Waals surface area (Å²) in [4.78, 5) is -0.149. The van der Waals surface area contributed by atoms with Gasteiger partial charge in [-0.05, 0) is 19.1 Å². The minimum atomic E-state index is -3.80. The quantitative estimate of drug-likeness (QED) is 0.821. The van der Waals surface area contributed by atoms with Gasteiger partial charge in [-0.3, -0.25) is 4.72 Å². The zero-order valence-electron chi connectivity index (χ0n) is 9.08. The fourth-order valence-electron chi connectivity index (χ4n) is 1.02. The lowest BCUT2D eigenvalue weighted by Gasteiger charge is -2.15. The van der Waals surface area contributed by atoms with Crippen molar-refractivity contribution in [2.45, 2.75) is 12.2 Å². The van der Waals surface area contributed by atoms with E-state index >= 15 is 0 Å². The summed E-state index contributed by atoms with van der Waals surface area (Å²) in [6.07, 6.45) is 0. The fourth-order valence-corrected chi connectivity index (χ4v) is 3.41. The van der Waals surface area contributed by atoms with Gasteiger partial charge >= 0.3 is 0 Å². The highest BCUT2D eigenvalue weighted by Gasteiger charge is 2.25. The lowest BCUT2D eigenvalue weighted by Crippen LogP contribution is -2.35. The molecule has 1 aromatic rings. The summed E-state index contributed by atoms with van der Waals surface area (Å²) in [5.41, 5.74) is 5.35. The lowest BCUT2D eigenvalue weighted by molar-refractivity contribution is 0.598. The van der Waals surface area contributed by atoms with Crippen molar-refractivity contribution < 1.29 is 8.42 Å². The summed E-state index contributed by atoms with van der Waals surface area (Å²) in [6.45, 7) is 1.36. The number of hydrogen-bond donors (Lipinski definition) is 2. The van der Waals surface area contributed by atoms with Gasteiger partial charge in [0.25, 0.3) is 0 Å². The van der Waals surface area contributed by atoms with E-state index in [9.17, 15) is 8.42 Å². The first kappa shape index (κ1) is 15.8. The first-order valence-electron chi connectivity index (χ1n) is 4.60. The standard InChI is InChI=1S/C9H9Cl3N2O2S2/c1-4(9(13)17)18(15,16)14-8-6(11)2-5(10)3-7(8)12/h2-4,14H,1H3,(H2,13,17). The van der Waals surface area contributed by atoms with E-state index in [1.165, 1.54) is 19.1 Å². The van der Waals surface area contributed by atoms with Crippen LogP contribution >= 0.6 is 47.0 Å². The van der Waals surface area contributed by atoms with Crippen molar-refractivity contribution in [1.29, 1.82) is 0 Å². The Morgan fingerprint density at radius 1 is 1.33 bits per heavy atom. The van der Waals surface area contributed by atoms with Gasteiger partial charge in [-0.25, -0.2) is 8.42 Å². The molecule has 0 aliphatic carbocycles. The van der Waals surface area contributed by atoms with Crippen LogP contribution < -0.4 is 10.5 Å². The third kappa shape index (κ3) is 3.61. The molecule has 0 bridgehead atoms. The van der Waals surface area contributed by atoms with Gasteiger partial charge in [0.1, 0.15) is 5.25 Å². The highest BCUT2D eigenvalue weighted by atomic mass is 35.5. The van der Waals surface area contributed by atoms with E-state index in [0.29, 0.717) is 5.02 Å². The van der Waals surface area contributed by atoms with Crippen molar-refractivity contribution in [2.75, 3.05) is 4.72 Å². The molecule has 0 heterocycles. The third-order valence-corrected chi connectivity index (χ3v) is 5.11. The lowest BCUT2D eigenvalue weighted by atomic mass is 10.3. The number of benzene rings is 1. The molecule has 0 saturated heterocycles. The van der Waals surface area contributed by atoms with Crippen molar-refractivity contribution >= 4 is 67.7 Å². The van der Waals surface area contributed by atoms with Crippen LogP contribution in [0.4, 0.5) is 5.69 Å². The summed E-state index contributed by atoms with van der Waals surface area (Å²) in [5, 5.41) is -0.567. The molecule has 0 radical (unpaired) electrons. The van der Waals surface area contributed by atoms with Crippen LogP contribution in [0.3, 0.4) is 0 Å². The normalized spacial score (nSPS) is 13.1. The number of halogens is 3. The second kappa shape index (κ2) is 5.79. The SMILES string of the molecule is CC(C(N)=S)S(=O)(=O)Nc1c(Cl)cc(Cl)cc1Cl. The van der Waals surface area contributed by atoms with Crippen molar-refractivity contribution in [3.8, 4) is 0 Å². The van der Waals surface area contributed by atoms with Crippen molar-refractivity contribution in [3.63, 3.8) is 0 Å². The van der Waals surface area contributed by atoms with Crippen LogP contribution in [0, 0.1) is 0 Å². The third-order valence-electron chi connectivity index (χ3n) is 2.12. The summed E-state index contributed by atoms with van der Waals surface area (Å²) in [7, 11) is -3.80. The Morgan fingerprint density at radius 2 is 1.78 bits per heavy atom. The maximum Gasteiger partial charge on any atom is 0.241 e. The summed E-state index contributed by atoms with van der Waals surface area (Å²) >= 11 is 22.1. The maximum absolute atomic E-state index is 11.9. The van der Waals surface area contributed by atoms with Gasteiger partial charge in [0, 0.05) is 5.02 Å². The minimum absolute atomic E-state index is 0.0471. The molecule has 0 spiro atoms. The van der Waals surface area contributed by atoms with Crippen LogP contribution in [0.1, 0.15) is 6.92 Å². The van der Waals surface area contributed by atoms with E-state index in [4.69, 9.17) is 40.5 Å². The number of rotatable bonds is 4. The fraction of sp³-hybridized carbons (Fsp3) is 0.222. The van der Waals surface area contributed by atoms with E-state index in [1.54, 1.807) is 0 Å². The molecule has 4 nitrogen and oxygen atoms in total. The second-order valence-electron chi connectivity index (χ2n) is 3.44. The number of nitrogens with two attached hydrogens (primary N) is 1. The predicted octanol–water partition coefficient (Wildman–Crippen LogP) is 3.06. The van der Waals surface area contributed by atoms with Crippen LogP contribution in [0.2, 0.25) is 15.1 Å². The molecule has 0 saturated carbocycles. The molecule has 1 rings (SSSR count). The molecule has 100 valence electrons. The van der Waals surface area contributed by atoms with Crippen LogP contribution in [-0.2, 0) is 10.0 Å². The smallest absolute Gasteiger partial charge is 0.241 e. The molecule has 0 amide bonds. The van der Waals surface area contributed by atoms with Crippen molar-refractivity contribution in [3.05, 3.63) is 27.2 Å². The minimum Gasteiger partial charge on any atom is -0.392 e. The van der Waals surface area contributed by atoms with Gasteiger partial charge in [0.15, 0.2) is 0 Å². The highest BCUT2D eigenvalue weighted by Crippen LogP contribution is 2.34. The first-order chi connectivity index (χ1) is 8.15. The predicted molar refractivity (Wildman–Crippen MR) is 80.3 cm³/mol. The van der Waals surface area contributed by atoms with Gasteiger partial charge in [-0.2, -0.15) is 0 Å². The Morgan fingerprint density at radius 3 is 2.17 bits per heavy atom. The van der Waals surface area contributed by atoms with E-state index in [0.717, 1.165) is 0 Å². The Balaban J connectivity index is 3.17. The molecule has 18 heavy (non-hydrogen) atoms. The molecule has 0 fully saturated rings. The van der Waals surface area contributed by atoms with Gasteiger partial charge < -0.3 is 5.73 Å². The average Bonchev–Trinajstić information content (AvgIpc) is 2.22. The summed E-state index contributed by atoms with van der Waals surface area (Å²) < 4.78 is 26.0. The molecule has 1 unspecified atom stereocenters. The van der Waals surface area contributed by atoms with E-state index < -0.39 is 15.3 Å². The number of anilines is 1. The Hall–Kier alpha value is -0.270. The highest BCUT2D eigenvalue weighted by molar-refractivity contribution is 7.95.